The van der Waals surface area contributed by atoms with E-state index in [1.165, 1.54) is 16.7 Å². The van der Waals surface area contributed by atoms with Crippen LogP contribution in [0.4, 0.5) is 13.2 Å². The Labute approximate surface area is 121 Å². The molecule has 3 aromatic rings. The molecular formula is C14H8ClF3N2O. The van der Waals surface area contributed by atoms with Crippen LogP contribution in [0, 0.1) is 0 Å². The molecule has 0 saturated carbocycles. The van der Waals surface area contributed by atoms with E-state index >= 15 is 0 Å². The smallest absolute Gasteiger partial charge is 0.305 e. The fraction of sp³-hybridized carbons (Fsp3) is 0.0714. The van der Waals surface area contributed by atoms with Gasteiger partial charge in [-0.05, 0) is 36.4 Å². The Hall–Kier alpha value is -2.21. The zero-order valence-electron chi connectivity index (χ0n) is 10.4. The van der Waals surface area contributed by atoms with Crippen LogP contribution >= 0.6 is 11.6 Å². The van der Waals surface area contributed by atoms with Gasteiger partial charge in [0.25, 0.3) is 0 Å². The number of imidazole rings is 1. The average molecular weight is 313 g/mol. The highest BCUT2D eigenvalue weighted by molar-refractivity contribution is 6.35. The predicted molar refractivity (Wildman–Crippen MR) is 73.9 cm³/mol. The summed E-state index contributed by atoms with van der Waals surface area (Å²) in [5.74, 6) is 0. The summed E-state index contributed by atoms with van der Waals surface area (Å²) >= 11 is 6.07. The van der Waals surface area contributed by atoms with Crippen LogP contribution < -0.4 is 5.69 Å². The fourth-order valence-corrected chi connectivity index (χ4v) is 2.42. The van der Waals surface area contributed by atoms with Gasteiger partial charge in [0.05, 0.1) is 27.3 Å². The molecule has 0 fully saturated rings. The number of nitrogens with zero attached hydrogens (tertiary/aromatic N) is 1. The number of aromatic nitrogens is 2. The van der Waals surface area contributed by atoms with Crippen molar-refractivity contribution in [3.05, 3.63) is 63.5 Å². The van der Waals surface area contributed by atoms with Crippen molar-refractivity contribution in [1.82, 2.24) is 9.55 Å². The summed E-state index contributed by atoms with van der Waals surface area (Å²) in [7, 11) is 0. The standard InChI is InChI=1S/C14H8ClF3N2O/c15-10-2-1-3-11-12(10)20(13(21)19-11)9-6-4-8(5-7-9)14(16,17)18/h1-7H,(H,19,21). The second-order valence-corrected chi connectivity index (χ2v) is 4.85. The van der Waals surface area contributed by atoms with Gasteiger partial charge >= 0.3 is 11.9 Å². The third kappa shape index (κ3) is 2.31. The Balaban J connectivity index is 2.21. The van der Waals surface area contributed by atoms with Gasteiger partial charge in [0, 0.05) is 0 Å². The van der Waals surface area contributed by atoms with Gasteiger partial charge in [-0.3, -0.25) is 4.57 Å². The maximum atomic E-state index is 12.6. The zero-order chi connectivity index (χ0) is 15.2. The van der Waals surface area contributed by atoms with Crippen molar-refractivity contribution in [3.63, 3.8) is 0 Å². The topological polar surface area (TPSA) is 37.8 Å². The average Bonchev–Trinajstić information content (AvgIpc) is 2.75. The van der Waals surface area contributed by atoms with Gasteiger partial charge in [0.2, 0.25) is 0 Å². The Morgan fingerprint density at radius 2 is 1.71 bits per heavy atom. The first-order chi connectivity index (χ1) is 9.88. The SMILES string of the molecule is O=c1[nH]c2cccc(Cl)c2n1-c1ccc(C(F)(F)F)cc1. The van der Waals surface area contributed by atoms with Crippen molar-refractivity contribution in [2.75, 3.05) is 0 Å². The molecule has 0 radical (unpaired) electrons. The largest absolute Gasteiger partial charge is 0.416 e. The number of fused-ring (bicyclic) bond motifs is 1. The summed E-state index contributed by atoms with van der Waals surface area (Å²) in [6, 6.07) is 9.29. The summed E-state index contributed by atoms with van der Waals surface area (Å²) in [5, 5.41) is 0.339. The lowest BCUT2D eigenvalue weighted by molar-refractivity contribution is -0.137. The lowest BCUT2D eigenvalue weighted by Gasteiger charge is -2.08. The highest BCUT2D eigenvalue weighted by Crippen LogP contribution is 2.30. The van der Waals surface area contributed by atoms with Crippen LogP contribution in [0.5, 0.6) is 0 Å². The van der Waals surface area contributed by atoms with Crippen molar-refractivity contribution in [2.45, 2.75) is 6.18 Å². The first kappa shape index (κ1) is 13.8. The van der Waals surface area contributed by atoms with Gasteiger partial charge in [-0.1, -0.05) is 17.7 Å². The third-order valence-electron chi connectivity index (χ3n) is 3.11. The van der Waals surface area contributed by atoms with E-state index in [4.69, 9.17) is 11.6 Å². The minimum atomic E-state index is -4.42. The number of H-pyrrole nitrogens is 1. The van der Waals surface area contributed by atoms with E-state index in [1.54, 1.807) is 18.2 Å². The number of rotatable bonds is 1. The quantitative estimate of drug-likeness (QED) is 0.725. The molecule has 0 bridgehead atoms. The molecule has 0 unspecified atom stereocenters. The Morgan fingerprint density at radius 3 is 2.33 bits per heavy atom. The van der Waals surface area contributed by atoms with E-state index in [2.05, 4.69) is 4.98 Å². The molecule has 1 N–H and O–H groups in total. The normalized spacial score (nSPS) is 12.0. The van der Waals surface area contributed by atoms with Crippen molar-refractivity contribution < 1.29 is 13.2 Å². The summed E-state index contributed by atoms with van der Waals surface area (Å²) < 4.78 is 38.9. The van der Waals surface area contributed by atoms with Gasteiger partial charge in [0.1, 0.15) is 0 Å². The predicted octanol–water partition coefficient (Wildman–Crippen LogP) is 3.99. The van der Waals surface area contributed by atoms with Gasteiger partial charge < -0.3 is 4.98 Å². The molecule has 0 spiro atoms. The monoisotopic (exact) mass is 312 g/mol. The lowest BCUT2D eigenvalue weighted by atomic mass is 10.2. The summed E-state index contributed by atoms with van der Waals surface area (Å²) in [5.41, 5.74) is 0.0340. The number of alkyl halides is 3. The summed E-state index contributed by atoms with van der Waals surface area (Å²) in [6.07, 6.45) is -4.42. The maximum absolute atomic E-state index is 12.6. The Bertz CT molecular complexity index is 863. The van der Waals surface area contributed by atoms with Crippen LogP contribution in [0.2, 0.25) is 5.02 Å². The molecule has 0 aliphatic carbocycles. The van der Waals surface area contributed by atoms with Crippen LogP contribution in [0.3, 0.4) is 0 Å². The van der Waals surface area contributed by atoms with Gasteiger partial charge in [0.15, 0.2) is 0 Å². The molecule has 21 heavy (non-hydrogen) atoms. The number of para-hydroxylation sites is 1. The van der Waals surface area contributed by atoms with Gasteiger partial charge in [-0.15, -0.1) is 0 Å². The summed E-state index contributed by atoms with van der Waals surface area (Å²) in [4.78, 5) is 14.6. The van der Waals surface area contributed by atoms with Crippen LogP contribution in [0.15, 0.2) is 47.3 Å². The number of benzene rings is 2. The number of aromatic amines is 1. The van der Waals surface area contributed by atoms with Crippen molar-refractivity contribution in [3.8, 4) is 5.69 Å². The zero-order valence-corrected chi connectivity index (χ0v) is 11.2. The molecule has 0 atom stereocenters. The van der Waals surface area contributed by atoms with Crippen LogP contribution in [0.25, 0.3) is 16.7 Å². The third-order valence-corrected chi connectivity index (χ3v) is 3.41. The van der Waals surface area contributed by atoms with E-state index in [-0.39, 0.29) is 0 Å². The minimum Gasteiger partial charge on any atom is -0.305 e. The van der Waals surface area contributed by atoms with Crippen molar-refractivity contribution in [2.24, 2.45) is 0 Å². The molecule has 0 aliphatic heterocycles. The van der Waals surface area contributed by atoms with E-state index in [0.29, 0.717) is 21.7 Å². The summed E-state index contributed by atoms with van der Waals surface area (Å²) in [6.45, 7) is 0. The highest BCUT2D eigenvalue weighted by atomic mass is 35.5. The van der Waals surface area contributed by atoms with E-state index in [9.17, 15) is 18.0 Å². The molecule has 7 heteroatoms. The van der Waals surface area contributed by atoms with E-state index in [0.717, 1.165) is 12.1 Å². The lowest BCUT2D eigenvalue weighted by Crippen LogP contribution is -2.15. The number of halogens is 4. The van der Waals surface area contributed by atoms with Crippen LogP contribution in [0.1, 0.15) is 5.56 Å². The molecule has 1 aromatic heterocycles. The highest BCUT2D eigenvalue weighted by Gasteiger charge is 2.30. The number of nitrogens with one attached hydrogen (secondary N) is 1. The second kappa shape index (κ2) is 4.66. The molecule has 108 valence electrons. The van der Waals surface area contributed by atoms with Crippen molar-refractivity contribution in [1.29, 1.82) is 0 Å². The Morgan fingerprint density at radius 1 is 1.05 bits per heavy atom. The number of hydrogen-bond acceptors (Lipinski definition) is 1. The molecule has 3 rings (SSSR count). The fourth-order valence-electron chi connectivity index (χ4n) is 2.16. The molecule has 0 aliphatic rings. The molecule has 1 heterocycles. The molecule has 0 amide bonds. The van der Waals surface area contributed by atoms with Crippen LogP contribution in [-0.4, -0.2) is 9.55 Å². The number of hydrogen-bond donors (Lipinski definition) is 1. The van der Waals surface area contributed by atoms with Crippen molar-refractivity contribution >= 4 is 22.6 Å². The first-order valence-corrected chi connectivity index (χ1v) is 6.32. The minimum absolute atomic E-state index is 0.312. The van der Waals surface area contributed by atoms with Gasteiger partial charge in [-0.25, -0.2) is 4.79 Å². The molecule has 3 nitrogen and oxygen atoms in total. The maximum Gasteiger partial charge on any atom is 0.416 e. The molecular weight excluding hydrogens is 305 g/mol. The van der Waals surface area contributed by atoms with Gasteiger partial charge in [-0.2, -0.15) is 13.2 Å². The van der Waals surface area contributed by atoms with Crippen LogP contribution in [-0.2, 0) is 6.18 Å². The Kier molecular flexibility index (Phi) is 3.06. The first-order valence-electron chi connectivity index (χ1n) is 5.95. The second-order valence-electron chi connectivity index (χ2n) is 4.45. The molecule has 2 aromatic carbocycles. The molecule has 0 saturated heterocycles. The van der Waals surface area contributed by atoms with E-state index < -0.39 is 17.4 Å². The van der Waals surface area contributed by atoms with E-state index in [1.807, 2.05) is 0 Å².